The van der Waals surface area contributed by atoms with Crippen LogP contribution in [0.25, 0.3) is 10.1 Å². The van der Waals surface area contributed by atoms with Crippen LogP contribution in [0, 0.1) is 6.92 Å². The molecule has 32 heavy (non-hydrogen) atoms. The number of hydrogen-bond acceptors (Lipinski definition) is 4. The second kappa shape index (κ2) is 8.94. The fraction of sp³-hybridized carbons (Fsp3) is 0.125. The molecule has 3 aromatic carbocycles. The van der Waals surface area contributed by atoms with E-state index in [4.69, 9.17) is 11.6 Å². The summed E-state index contributed by atoms with van der Waals surface area (Å²) in [4.78, 5) is 13.3. The number of nitrogens with one attached hydrogen (secondary N) is 1. The molecule has 1 N–H and O–H groups in total. The number of thiophene rings is 1. The Labute approximate surface area is 196 Å². The highest BCUT2D eigenvalue weighted by atomic mass is 35.5. The molecule has 164 valence electrons. The van der Waals surface area contributed by atoms with Gasteiger partial charge in [-0.2, -0.15) is 0 Å². The van der Waals surface area contributed by atoms with Gasteiger partial charge in [0.2, 0.25) is 10.0 Å². The molecule has 0 bridgehead atoms. The van der Waals surface area contributed by atoms with Crippen LogP contribution in [-0.4, -0.2) is 20.6 Å². The molecule has 0 spiro atoms. The number of halogens is 1. The molecule has 8 heteroatoms. The van der Waals surface area contributed by atoms with Crippen LogP contribution < -0.4 is 9.62 Å². The monoisotopic (exact) mass is 484 g/mol. The Morgan fingerprint density at radius 3 is 2.47 bits per heavy atom. The van der Waals surface area contributed by atoms with Gasteiger partial charge in [0, 0.05) is 15.4 Å². The van der Waals surface area contributed by atoms with E-state index in [-0.39, 0.29) is 12.5 Å². The van der Waals surface area contributed by atoms with Crippen LogP contribution in [0.1, 0.15) is 20.8 Å². The van der Waals surface area contributed by atoms with Gasteiger partial charge in [0.05, 0.1) is 23.4 Å². The molecule has 5 nitrogen and oxygen atoms in total. The predicted molar refractivity (Wildman–Crippen MR) is 133 cm³/mol. The van der Waals surface area contributed by atoms with Crippen molar-refractivity contribution in [3.8, 4) is 0 Å². The molecule has 0 fully saturated rings. The Bertz CT molecular complexity index is 1400. The molecule has 0 unspecified atom stereocenters. The number of nitrogens with zero attached hydrogens (tertiary/aromatic N) is 1. The van der Waals surface area contributed by atoms with Gasteiger partial charge >= 0.3 is 0 Å². The van der Waals surface area contributed by atoms with Crippen molar-refractivity contribution in [3.05, 3.63) is 93.8 Å². The van der Waals surface area contributed by atoms with Crippen LogP contribution in [0.5, 0.6) is 0 Å². The third kappa shape index (κ3) is 4.96. The minimum atomic E-state index is -3.50. The number of aryl methyl sites for hydroxylation is 1. The maximum absolute atomic E-state index is 12.7. The predicted octanol–water partition coefficient (Wildman–Crippen LogP) is 6.08. The van der Waals surface area contributed by atoms with Crippen molar-refractivity contribution in [2.45, 2.75) is 13.5 Å². The molecule has 0 aliphatic heterocycles. The van der Waals surface area contributed by atoms with Crippen molar-refractivity contribution in [1.82, 2.24) is 0 Å². The first-order chi connectivity index (χ1) is 15.2. The van der Waals surface area contributed by atoms with Crippen molar-refractivity contribution in [1.29, 1.82) is 0 Å². The van der Waals surface area contributed by atoms with Gasteiger partial charge in [-0.05, 0) is 59.8 Å². The smallest absolute Gasteiger partial charge is 0.265 e. The summed E-state index contributed by atoms with van der Waals surface area (Å²) >= 11 is 7.50. The van der Waals surface area contributed by atoms with Crippen molar-refractivity contribution in [2.24, 2.45) is 0 Å². The third-order valence-electron chi connectivity index (χ3n) is 5.01. The fourth-order valence-electron chi connectivity index (χ4n) is 3.31. The van der Waals surface area contributed by atoms with Crippen LogP contribution in [0.3, 0.4) is 0 Å². The van der Waals surface area contributed by atoms with E-state index in [1.807, 2.05) is 49.4 Å². The van der Waals surface area contributed by atoms with Gasteiger partial charge in [-0.25, -0.2) is 8.42 Å². The quantitative estimate of drug-likeness (QED) is 0.360. The van der Waals surface area contributed by atoms with E-state index in [2.05, 4.69) is 5.32 Å². The van der Waals surface area contributed by atoms with Gasteiger partial charge < -0.3 is 5.32 Å². The zero-order valence-corrected chi connectivity index (χ0v) is 19.9. The molecule has 1 amide bonds. The second-order valence-corrected chi connectivity index (χ2v) is 10.9. The van der Waals surface area contributed by atoms with Crippen LogP contribution in [0.2, 0.25) is 5.02 Å². The number of fused-ring (bicyclic) bond motifs is 1. The Kier molecular flexibility index (Phi) is 6.24. The number of carbonyl (C=O) groups excluding carboxylic acids is 1. The summed E-state index contributed by atoms with van der Waals surface area (Å²) in [5.74, 6) is -0.239. The highest BCUT2D eigenvalue weighted by Gasteiger charge is 2.19. The van der Waals surface area contributed by atoms with Gasteiger partial charge in [-0.3, -0.25) is 9.10 Å². The molecular formula is C24H21ClN2O3S2. The first-order valence-electron chi connectivity index (χ1n) is 9.83. The van der Waals surface area contributed by atoms with Crippen molar-refractivity contribution in [2.75, 3.05) is 15.9 Å². The van der Waals surface area contributed by atoms with Gasteiger partial charge in [-0.1, -0.05) is 48.0 Å². The molecule has 0 aliphatic rings. The lowest BCUT2D eigenvalue weighted by Gasteiger charge is -2.22. The van der Waals surface area contributed by atoms with E-state index in [1.165, 1.54) is 21.9 Å². The summed E-state index contributed by atoms with van der Waals surface area (Å²) in [6, 6.07) is 22.0. The molecular weight excluding hydrogens is 464 g/mol. The first-order valence-corrected chi connectivity index (χ1v) is 12.9. The van der Waals surface area contributed by atoms with Crippen LogP contribution in [0.15, 0.2) is 72.8 Å². The van der Waals surface area contributed by atoms with E-state index in [9.17, 15) is 13.2 Å². The molecule has 0 radical (unpaired) electrons. The summed E-state index contributed by atoms with van der Waals surface area (Å²) in [5.41, 5.74) is 3.00. The summed E-state index contributed by atoms with van der Waals surface area (Å²) in [7, 11) is -3.50. The minimum Gasteiger partial charge on any atom is -0.321 e. The van der Waals surface area contributed by atoms with Gasteiger partial charge in [0.1, 0.15) is 0 Å². The molecule has 0 atom stereocenters. The van der Waals surface area contributed by atoms with Gasteiger partial charge in [0.25, 0.3) is 5.91 Å². The van der Waals surface area contributed by atoms with Crippen molar-refractivity contribution in [3.63, 3.8) is 0 Å². The van der Waals surface area contributed by atoms with Gasteiger partial charge in [-0.15, -0.1) is 11.3 Å². The van der Waals surface area contributed by atoms with Crippen LogP contribution in [-0.2, 0) is 16.6 Å². The van der Waals surface area contributed by atoms with E-state index < -0.39 is 10.0 Å². The van der Waals surface area contributed by atoms with E-state index in [1.54, 1.807) is 30.3 Å². The molecule has 4 rings (SSSR count). The zero-order chi connectivity index (χ0) is 22.9. The molecule has 1 aromatic heterocycles. The first kappa shape index (κ1) is 22.3. The standard InChI is InChI=1S/C24H21ClN2O3S2/c1-16-8-9-19(14-21(16)25)26-24(28)23-13-18-12-20(10-11-22(18)31-23)27(32(2,29)30)15-17-6-4-3-5-7-17/h3-14H,15H2,1-2H3,(H,26,28). The maximum Gasteiger partial charge on any atom is 0.265 e. The molecule has 1 heterocycles. The second-order valence-electron chi connectivity index (χ2n) is 7.51. The number of amides is 1. The molecule has 0 aliphatic carbocycles. The highest BCUT2D eigenvalue weighted by molar-refractivity contribution is 7.92. The van der Waals surface area contributed by atoms with E-state index >= 15 is 0 Å². The average molecular weight is 485 g/mol. The summed E-state index contributed by atoms with van der Waals surface area (Å²) in [6.45, 7) is 2.13. The minimum absolute atomic E-state index is 0.233. The number of anilines is 2. The molecule has 0 saturated carbocycles. The average Bonchev–Trinajstić information content (AvgIpc) is 3.18. The number of carbonyl (C=O) groups is 1. The Hall–Kier alpha value is -2.87. The SMILES string of the molecule is Cc1ccc(NC(=O)c2cc3cc(N(Cc4ccccc4)S(C)(=O)=O)ccc3s2)cc1Cl. The number of hydrogen-bond donors (Lipinski definition) is 1. The lowest BCUT2D eigenvalue weighted by atomic mass is 10.2. The summed E-state index contributed by atoms with van der Waals surface area (Å²) in [5, 5.41) is 4.26. The van der Waals surface area contributed by atoms with Gasteiger partial charge in [0.15, 0.2) is 0 Å². The summed E-state index contributed by atoms with van der Waals surface area (Å²) in [6.07, 6.45) is 1.19. The number of rotatable bonds is 6. The Morgan fingerprint density at radius 1 is 1.03 bits per heavy atom. The third-order valence-corrected chi connectivity index (χ3v) is 7.67. The van der Waals surface area contributed by atoms with Crippen molar-refractivity contribution < 1.29 is 13.2 Å². The molecule has 4 aromatic rings. The number of benzene rings is 3. The van der Waals surface area contributed by atoms with Crippen molar-refractivity contribution >= 4 is 60.3 Å². The Balaban J connectivity index is 1.62. The zero-order valence-electron chi connectivity index (χ0n) is 17.5. The van der Waals surface area contributed by atoms with Crippen LogP contribution in [0.4, 0.5) is 11.4 Å². The van der Waals surface area contributed by atoms with E-state index in [0.717, 1.165) is 21.2 Å². The lowest BCUT2D eigenvalue weighted by Crippen LogP contribution is -2.29. The largest absolute Gasteiger partial charge is 0.321 e. The van der Waals surface area contributed by atoms with Crippen LogP contribution >= 0.6 is 22.9 Å². The van der Waals surface area contributed by atoms with E-state index in [0.29, 0.717) is 21.3 Å². The molecule has 0 saturated heterocycles. The number of sulfonamides is 1. The Morgan fingerprint density at radius 2 is 1.78 bits per heavy atom. The fourth-order valence-corrected chi connectivity index (χ4v) is 5.31. The summed E-state index contributed by atoms with van der Waals surface area (Å²) < 4.78 is 27.3. The normalized spacial score (nSPS) is 11.5. The lowest BCUT2D eigenvalue weighted by molar-refractivity contribution is 0.103. The highest BCUT2D eigenvalue weighted by Crippen LogP contribution is 2.32. The topological polar surface area (TPSA) is 66.5 Å². The maximum atomic E-state index is 12.7.